The van der Waals surface area contributed by atoms with Crippen LogP contribution < -0.4 is 0 Å². The Kier molecular flexibility index (Phi) is 14.3. The number of aryl methyl sites for hydroxylation is 3. The average Bonchev–Trinajstić information content (AvgIpc) is 3.25. The second-order valence-electron chi connectivity index (χ2n) is 9.09. The van der Waals surface area contributed by atoms with Gasteiger partial charge >= 0.3 is 0 Å². The fourth-order valence-electron chi connectivity index (χ4n) is 4.16. The summed E-state index contributed by atoms with van der Waals surface area (Å²) in [5, 5.41) is 0. The minimum atomic E-state index is 0.509. The molecule has 1 aliphatic rings. The van der Waals surface area contributed by atoms with Gasteiger partial charge in [0.15, 0.2) is 0 Å². The van der Waals surface area contributed by atoms with Gasteiger partial charge in [-0.15, -0.1) is 26.3 Å². The number of hydrogen-bond donors (Lipinski definition) is 0. The van der Waals surface area contributed by atoms with Gasteiger partial charge in [-0.05, 0) is 63.6 Å². The number of rotatable bonds is 6. The lowest BCUT2D eigenvalue weighted by Gasteiger charge is -2.10. The minimum absolute atomic E-state index is 0.509. The molecule has 0 radical (unpaired) electrons. The summed E-state index contributed by atoms with van der Waals surface area (Å²) in [4.78, 5) is 0. The zero-order valence-electron chi connectivity index (χ0n) is 22.9. The summed E-state index contributed by atoms with van der Waals surface area (Å²) in [6.07, 6.45) is 7.76. The molecule has 1 unspecified atom stereocenters. The first-order chi connectivity index (χ1) is 17.4. The van der Waals surface area contributed by atoms with Crippen LogP contribution in [0.25, 0.3) is 0 Å². The molecule has 0 bridgehead atoms. The topological polar surface area (TPSA) is 0 Å². The first-order valence-electron chi connectivity index (χ1n) is 12.6. The van der Waals surface area contributed by atoms with Crippen LogP contribution in [0.1, 0.15) is 54.0 Å². The van der Waals surface area contributed by atoms with Gasteiger partial charge in [0.1, 0.15) is 0 Å². The van der Waals surface area contributed by atoms with Crippen molar-refractivity contribution in [1.29, 1.82) is 0 Å². The Labute approximate surface area is 221 Å². The molecule has 0 spiro atoms. The second kappa shape index (κ2) is 16.9. The van der Waals surface area contributed by atoms with E-state index in [-0.39, 0.29) is 0 Å². The first-order valence-corrected chi connectivity index (χ1v) is 12.6. The summed E-state index contributed by atoms with van der Waals surface area (Å²) in [6.45, 7) is 24.8. The molecule has 0 heteroatoms. The SMILES string of the molecule is C=C.C=C.C=C(CCc1ccccc1)Cc1ccc(C)cc1.CC1=CC(c2cccc(C)c2)C(C)=C1. The van der Waals surface area contributed by atoms with Crippen molar-refractivity contribution in [3.63, 3.8) is 0 Å². The molecular formula is C36H44. The van der Waals surface area contributed by atoms with Gasteiger partial charge in [-0.1, -0.05) is 125 Å². The molecule has 1 aliphatic carbocycles. The van der Waals surface area contributed by atoms with Crippen molar-refractivity contribution in [2.24, 2.45) is 0 Å². The molecule has 0 aliphatic heterocycles. The van der Waals surface area contributed by atoms with Crippen LogP contribution in [0.4, 0.5) is 0 Å². The van der Waals surface area contributed by atoms with Crippen molar-refractivity contribution >= 4 is 0 Å². The lowest BCUT2D eigenvalue weighted by molar-refractivity contribution is 0.904. The van der Waals surface area contributed by atoms with E-state index >= 15 is 0 Å². The van der Waals surface area contributed by atoms with Crippen molar-refractivity contribution < 1.29 is 0 Å². The fourth-order valence-corrected chi connectivity index (χ4v) is 4.16. The van der Waals surface area contributed by atoms with Gasteiger partial charge in [-0.3, -0.25) is 0 Å². The van der Waals surface area contributed by atoms with E-state index in [1.54, 1.807) is 0 Å². The molecule has 3 aromatic carbocycles. The third kappa shape index (κ3) is 10.7. The Morgan fingerprint density at radius 1 is 0.694 bits per heavy atom. The maximum absolute atomic E-state index is 4.19. The molecule has 0 heterocycles. The van der Waals surface area contributed by atoms with Crippen molar-refractivity contribution in [2.45, 2.75) is 52.9 Å². The van der Waals surface area contributed by atoms with E-state index in [1.807, 2.05) is 0 Å². The van der Waals surface area contributed by atoms with Crippen LogP contribution in [0.3, 0.4) is 0 Å². The van der Waals surface area contributed by atoms with E-state index in [4.69, 9.17) is 0 Å². The van der Waals surface area contributed by atoms with E-state index in [0.29, 0.717) is 5.92 Å². The van der Waals surface area contributed by atoms with E-state index in [9.17, 15) is 0 Å². The van der Waals surface area contributed by atoms with Crippen LogP contribution in [-0.4, -0.2) is 0 Å². The van der Waals surface area contributed by atoms with Crippen molar-refractivity contribution in [2.75, 3.05) is 0 Å². The largest absolute Gasteiger partial charge is 0.106 e. The van der Waals surface area contributed by atoms with E-state index in [1.165, 1.54) is 44.5 Å². The Hall–Kier alpha value is -3.64. The standard InChI is InChI=1S/C18H20.C14H16.2C2H4/c1-15-8-12-18(13-9-15)14-16(2)10-11-17-6-4-3-5-7-17;1-10-5-4-6-13(8-10)14-9-11(2)7-12(14)3;2*1-2/h3-9,12-13H,2,10-11,14H2,1H3;4-9,14H,1-3H3;2*1-2H2. The monoisotopic (exact) mass is 476 g/mol. The molecule has 188 valence electrons. The van der Waals surface area contributed by atoms with Crippen LogP contribution in [0, 0.1) is 13.8 Å². The molecule has 0 aromatic heterocycles. The number of allylic oxidation sites excluding steroid dienone is 5. The van der Waals surface area contributed by atoms with Gasteiger partial charge in [0.2, 0.25) is 0 Å². The van der Waals surface area contributed by atoms with Crippen molar-refractivity contribution in [1.82, 2.24) is 0 Å². The maximum atomic E-state index is 4.19. The van der Waals surface area contributed by atoms with Gasteiger partial charge in [-0.25, -0.2) is 0 Å². The third-order valence-corrected chi connectivity index (χ3v) is 5.96. The van der Waals surface area contributed by atoms with E-state index in [2.05, 4.69) is 152 Å². The van der Waals surface area contributed by atoms with Gasteiger partial charge in [0, 0.05) is 5.92 Å². The summed E-state index contributed by atoms with van der Waals surface area (Å²) < 4.78 is 0. The zero-order valence-corrected chi connectivity index (χ0v) is 22.9. The highest BCUT2D eigenvalue weighted by Crippen LogP contribution is 2.32. The summed E-state index contributed by atoms with van der Waals surface area (Å²) in [6, 6.07) is 28.1. The third-order valence-electron chi connectivity index (χ3n) is 5.96. The first kappa shape index (κ1) is 30.4. The highest BCUT2D eigenvalue weighted by molar-refractivity contribution is 5.44. The van der Waals surface area contributed by atoms with Crippen LogP contribution in [0.5, 0.6) is 0 Å². The minimum Gasteiger partial charge on any atom is -0.106 e. The van der Waals surface area contributed by atoms with Gasteiger partial charge in [-0.2, -0.15) is 0 Å². The Morgan fingerprint density at radius 3 is 1.89 bits per heavy atom. The molecule has 0 saturated carbocycles. The van der Waals surface area contributed by atoms with Crippen LogP contribution in [-0.2, 0) is 12.8 Å². The van der Waals surface area contributed by atoms with Crippen LogP contribution >= 0.6 is 0 Å². The Balaban J connectivity index is 0.000000323. The van der Waals surface area contributed by atoms with Gasteiger partial charge in [0.25, 0.3) is 0 Å². The highest BCUT2D eigenvalue weighted by Gasteiger charge is 2.15. The van der Waals surface area contributed by atoms with Crippen molar-refractivity contribution in [3.8, 4) is 0 Å². The quantitative estimate of drug-likeness (QED) is 0.310. The molecule has 0 amide bonds. The summed E-state index contributed by atoms with van der Waals surface area (Å²) >= 11 is 0. The van der Waals surface area contributed by atoms with Gasteiger partial charge in [0.05, 0.1) is 0 Å². The molecule has 3 aromatic rings. The summed E-state index contributed by atoms with van der Waals surface area (Å²) in [5.74, 6) is 0.509. The van der Waals surface area contributed by atoms with Crippen LogP contribution in [0.15, 0.2) is 141 Å². The predicted octanol–water partition coefficient (Wildman–Crippen LogP) is 10.3. The second-order valence-corrected chi connectivity index (χ2v) is 9.09. The molecule has 4 rings (SSSR count). The Morgan fingerprint density at radius 2 is 1.33 bits per heavy atom. The lowest BCUT2D eigenvalue weighted by atomic mass is 9.94. The molecule has 1 atom stereocenters. The number of hydrogen-bond acceptors (Lipinski definition) is 0. The maximum Gasteiger partial charge on any atom is 0.0234 e. The van der Waals surface area contributed by atoms with Gasteiger partial charge < -0.3 is 0 Å². The zero-order chi connectivity index (χ0) is 26.9. The summed E-state index contributed by atoms with van der Waals surface area (Å²) in [5.41, 5.74) is 11.0. The predicted molar refractivity (Wildman–Crippen MR) is 163 cm³/mol. The Bertz CT molecular complexity index is 1110. The molecule has 0 fully saturated rings. The molecular weight excluding hydrogens is 432 g/mol. The lowest BCUT2D eigenvalue weighted by Crippen LogP contribution is -1.93. The molecule has 0 saturated heterocycles. The van der Waals surface area contributed by atoms with E-state index < -0.39 is 0 Å². The highest BCUT2D eigenvalue weighted by atomic mass is 14.2. The molecule has 0 N–H and O–H groups in total. The fraction of sp³-hybridized carbons (Fsp3) is 0.222. The summed E-state index contributed by atoms with van der Waals surface area (Å²) in [7, 11) is 0. The molecule has 36 heavy (non-hydrogen) atoms. The van der Waals surface area contributed by atoms with E-state index in [0.717, 1.165) is 19.3 Å². The number of benzene rings is 3. The molecule has 0 nitrogen and oxygen atoms in total. The van der Waals surface area contributed by atoms with Crippen molar-refractivity contribution in [3.05, 3.63) is 168 Å². The normalized spacial score (nSPS) is 13.4. The smallest absolute Gasteiger partial charge is 0.0234 e. The van der Waals surface area contributed by atoms with Crippen LogP contribution in [0.2, 0.25) is 0 Å². The average molecular weight is 477 g/mol.